The molecule has 1 heterocycles. The van der Waals surface area contributed by atoms with Crippen LogP contribution in [0.1, 0.15) is 5.69 Å². The third-order valence-electron chi connectivity index (χ3n) is 2.97. The fraction of sp³-hybridized carbons (Fsp3) is 0. The Bertz CT molecular complexity index is 834. The van der Waals surface area contributed by atoms with Gasteiger partial charge in [0.15, 0.2) is 5.69 Å². The van der Waals surface area contributed by atoms with Gasteiger partial charge in [-0.15, -0.1) is 5.10 Å². The zero-order valence-corrected chi connectivity index (χ0v) is 11.4. The molecule has 0 spiro atoms. The number of rotatable bonds is 2. The molecule has 0 aliphatic carbocycles. The first-order valence-electron chi connectivity index (χ1n) is 6.07. The first-order chi connectivity index (χ1) is 10.2. The Hall–Kier alpha value is -2.71. The standard InChI is InChI=1S/C15H8ClFN4/c16-11-7-5-10(6-8-11)15-13(9-18)19-20-21(15)14-4-2-1-3-12(14)17/h1-8H. The molecule has 0 amide bonds. The van der Waals surface area contributed by atoms with Crippen molar-refractivity contribution in [2.24, 2.45) is 0 Å². The molecule has 102 valence electrons. The van der Waals surface area contributed by atoms with Crippen molar-refractivity contribution in [1.82, 2.24) is 15.0 Å². The average Bonchev–Trinajstić information content (AvgIpc) is 2.92. The van der Waals surface area contributed by atoms with Crippen molar-refractivity contribution in [1.29, 1.82) is 5.26 Å². The molecule has 0 aliphatic rings. The second-order valence-corrected chi connectivity index (χ2v) is 4.71. The number of nitrogens with zero attached hydrogens (tertiary/aromatic N) is 4. The molecule has 3 rings (SSSR count). The number of nitriles is 1. The van der Waals surface area contributed by atoms with Crippen LogP contribution in [0, 0.1) is 17.1 Å². The van der Waals surface area contributed by atoms with Crippen molar-refractivity contribution in [3.05, 3.63) is 65.1 Å². The van der Waals surface area contributed by atoms with Crippen LogP contribution in [-0.4, -0.2) is 15.0 Å². The number of hydrogen-bond donors (Lipinski definition) is 0. The van der Waals surface area contributed by atoms with Crippen LogP contribution < -0.4 is 0 Å². The highest BCUT2D eigenvalue weighted by molar-refractivity contribution is 6.30. The van der Waals surface area contributed by atoms with E-state index in [2.05, 4.69) is 10.3 Å². The first kappa shape index (κ1) is 13.3. The van der Waals surface area contributed by atoms with Crippen LogP contribution in [0.15, 0.2) is 48.5 Å². The monoisotopic (exact) mass is 298 g/mol. The lowest BCUT2D eigenvalue weighted by Crippen LogP contribution is -2.02. The Morgan fingerprint density at radius 3 is 2.48 bits per heavy atom. The fourth-order valence-corrected chi connectivity index (χ4v) is 2.14. The smallest absolute Gasteiger partial charge is 0.191 e. The van der Waals surface area contributed by atoms with Gasteiger partial charge < -0.3 is 0 Å². The molecule has 6 heteroatoms. The van der Waals surface area contributed by atoms with Crippen molar-refractivity contribution in [3.8, 4) is 23.0 Å². The summed E-state index contributed by atoms with van der Waals surface area (Å²) in [5.74, 6) is -0.442. The van der Waals surface area contributed by atoms with Gasteiger partial charge in [-0.05, 0) is 24.3 Å². The molecule has 3 aromatic rings. The van der Waals surface area contributed by atoms with Gasteiger partial charge >= 0.3 is 0 Å². The summed E-state index contributed by atoms with van der Waals surface area (Å²) in [7, 11) is 0. The molecule has 0 saturated carbocycles. The molecule has 1 aromatic heterocycles. The minimum atomic E-state index is -0.442. The van der Waals surface area contributed by atoms with Gasteiger partial charge in [0.2, 0.25) is 0 Å². The van der Waals surface area contributed by atoms with Crippen LogP contribution in [0.25, 0.3) is 16.9 Å². The summed E-state index contributed by atoms with van der Waals surface area (Å²) in [6.07, 6.45) is 0. The van der Waals surface area contributed by atoms with E-state index in [1.807, 2.05) is 6.07 Å². The zero-order valence-electron chi connectivity index (χ0n) is 10.7. The predicted molar refractivity (Wildman–Crippen MR) is 76.5 cm³/mol. The maximum atomic E-state index is 14.0. The van der Waals surface area contributed by atoms with E-state index in [9.17, 15) is 9.65 Å². The number of halogens is 2. The largest absolute Gasteiger partial charge is 0.208 e. The lowest BCUT2D eigenvalue weighted by atomic mass is 10.1. The lowest BCUT2D eigenvalue weighted by molar-refractivity contribution is 0.608. The third kappa shape index (κ3) is 2.37. The molecule has 0 saturated heterocycles. The van der Waals surface area contributed by atoms with E-state index in [1.165, 1.54) is 10.7 Å². The van der Waals surface area contributed by atoms with E-state index < -0.39 is 5.82 Å². The number of hydrogen-bond acceptors (Lipinski definition) is 3. The quantitative estimate of drug-likeness (QED) is 0.726. The van der Waals surface area contributed by atoms with Gasteiger partial charge in [-0.25, -0.2) is 9.07 Å². The summed E-state index contributed by atoms with van der Waals surface area (Å²) >= 11 is 5.87. The van der Waals surface area contributed by atoms with Crippen molar-refractivity contribution < 1.29 is 4.39 Å². The molecule has 0 radical (unpaired) electrons. The molecule has 0 N–H and O–H groups in total. The zero-order chi connectivity index (χ0) is 14.8. The molecular weight excluding hydrogens is 291 g/mol. The van der Waals surface area contributed by atoms with Gasteiger partial charge in [-0.1, -0.05) is 41.1 Å². The summed E-state index contributed by atoms with van der Waals surface area (Å²) in [4.78, 5) is 0. The molecular formula is C15H8ClFN4. The summed E-state index contributed by atoms with van der Waals surface area (Å²) in [6, 6.07) is 15.0. The van der Waals surface area contributed by atoms with Crippen LogP contribution in [0.4, 0.5) is 4.39 Å². The van der Waals surface area contributed by atoms with Gasteiger partial charge in [0.1, 0.15) is 23.3 Å². The molecule has 0 fully saturated rings. The Labute approximate surface area is 125 Å². The molecule has 0 unspecified atom stereocenters. The Morgan fingerprint density at radius 2 is 1.81 bits per heavy atom. The van der Waals surface area contributed by atoms with Gasteiger partial charge in [0.25, 0.3) is 0 Å². The normalized spacial score (nSPS) is 10.3. The minimum absolute atomic E-state index is 0.126. The third-order valence-corrected chi connectivity index (χ3v) is 3.23. The van der Waals surface area contributed by atoms with Crippen LogP contribution in [0.3, 0.4) is 0 Å². The predicted octanol–water partition coefficient (Wildman–Crippen LogP) is 3.60. The van der Waals surface area contributed by atoms with Crippen molar-refractivity contribution in [3.63, 3.8) is 0 Å². The second-order valence-electron chi connectivity index (χ2n) is 4.27. The van der Waals surface area contributed by atoms with Crippen LogP contribution >= 0.6 is 11.6 Å². The van der Waals surface area contributed by atoms with Crippen LogP contribution in [-0.2, 0) is 0 Å². The second kappa shape index (κ2) is 5.35. The molecule has 0 bridgehead atoms. The molecule has 0 atom stereocenters. The number of benzene rings is 2. The first-order valence-corrected chi connectivity index (χ1v) is 6.45. The molecule has 0 aliphatic heterocycles. The van der Waals surface area contributed by atoms with Crippen molar-refractivity contribution in [2.75, 3.05) is 0 Å². The van der Waals surface area contributed by atoms with E-state index in [1.54, 1.807) is 42.5 Å². The highest BCUT2D eigenvalue weighted by Gasteiger charge is 2.18. The summed E-state index contributed by atoms with van der Waals surface area (Å²) in [5.41, 5.74) is 1.47. The van der Waals surface area contributed by atoms with E-state index in [4.69, 9.17) is 11.6 Å². The maximum absolute atomic E-state index is 14.0. The number of para-hydroxylation sites is 1. The summed E-state index contributed by atoms with van der Waals surface area (Å²) < 4.78 is 15.3. The van der Waals surface area contributed by atoms with E-state index in [0.717, 1.165) is 0 Å². The Morgan fingerprint density at radius 1 is 1.10 bits per heavy atom. The minimum Gasteiger partial charge on any atom is -0.208 e. The molecule has 2 aromatic carbocycles. The highest BCUT2D eigenvalue weighted by Crippen LogP contribution is 2.27. The Balaban J connectivity index is 2.25. The number of aromatic nitrogens is 3. The SMILES string of the molecule is N#Cc1nnn(-c2ccccc2F)c1-c1ccc(Cl)cc1. The van der Waals surface area contributed by atoms with E-state index in [-0.39, 0.29) is 11.4 Å². The van der Waals surface area contributed by atoms with Crippen molar-refractivity contribution >= 4 is 11.6 Å². The van der Waals surface area contributed by atoms with Crippen LogP contribution in [0.2, 0.25) is 5.02 Å². The lowest BCUT2D eigenvalue weighted by Gasteiger charge is -2.07. The van der Waals surface area contributed by atoms with Crippen LogP contribution in [0.5, 0.6) is 0 Å². The molecule has 4 nitrogen and oxygen atoms in total. The van der Waals surface area contributed by atoms with E-state index >= 15 is 0 Å². The maximum Gasteiger partial charge on any atom is 0.191 e. The Kier molecular flexibility index (Phi) is 3.38. The topological polar surface area (TPSA) is 54.5 Å². The highest BCUT2D eigenvalue weighted by atomic mass is 35.5. The fourth-order valence-electron chi connectivity index (χ4n) is 2.02. The average molecular weight is 299 g/mol. The van der Waals surface area contributed by atoms with E-state index in [0.29, 0.717) is 16.3 Å². The van der Waals surface area contributed by atoms with Gasteiger partial charge in [-0.2, -0.15) is 5.26 Å². The summed E-state index contributed by atoms with van der Waals surface area (Å²) in [5, 5.41) is 17.4. The van der Waals surface area contributed by atoms with Gasteiger partial charge in [0, 0.05) is 10.6 Å². The molecule has 21 heavy (non-hydrogen) atoms. The van der Waals surface area contributed by atoms with Gasteiger partial charge in [-0.3, -0.25) is 0 Å². The van der Waals surface area contributed by atoms with Gasteiger partial charge in [0.05, 0.1) is 0 Å². The summed E-state index contributed by atoms with van der Waals surface area (Å²) in [6.45, 7) is 0. The van der Waals surface area contributed by atoms with Crippen molar-refractivity contribution in [2.45, 2.75) is 0 Å².